The molecule has 1 heterocycles. The first kappa shape index (κ1) is 15.0. The number of rotatable bonds is 4. The molecule has 3 rings (SSSR count). The Kier molecular flexibility index (Phi) is 3.98. The number of alkyl halides is 1. The Bertz CT molecular complexity index is 755. The molecule has 1 aliphatic carbocycles. The van der Waals surface area contributed by atoms with Crippen molar-refractivity contribution in [2.45, 2.75) is 12.1 Å². The zero-order chi connectivity index (χ0) is 16.4. The van der Waals surface area contributed by atoms with Gasteiger partial charge in [-0.3, -0.25) is 10.7 Å². The molecule has 2 aromatic rings. The second kappa shape index (κ2) is 6.09. The summed E-state index contributed by atoms with van der Waals surface area (Å²) in [4.78, 5) is 3.91. The SMILES string of the molecule is Nc1nc(C2C(F)=CC=CC2F)oc1Nc1ccc(NO)cc1. The van der Waals surface area contributed by atoms with Crippen molar-refractivity contribution in [1.82, 2.24) is 4.98 Å². The molecule has 8 heteroatoms. The molecule has 120 valence electrons. The van der Waals surface area contributed by atoms with Crippen molar-refractivity contribution in [3.05, 3.63) is 54.2 Å². The smallest absolute Gasteiger partial charge is 0.242 e. The maximum absolute atomic E-state index is 13.9. The molecule has 0 saturated heterocycles. The van der Waals surface area contributed by atoms with E-state index in [2.05, 4.69) is 10.3 Å². The molecule has 2 unspecified atom stereocenters. The lowest BCUT2D eigenvalue weighted by atomic mass is 9.97. The van der Waals surface area contributed by atoms with Crippen molar-refractivity contribution in [3.8, 4) is 0 Å². The van der Waals surface area contributed by atoms with Gasteiger partial charge in [-0.2, -0.15) is 4.98 Å². The van der Waals surface area contributed by atoms with Crippen LogP contribution in [0.2, 0.25) is 0 Å². The van der Waals surface area contributed by atoms with Crippen LogP contribution in [0.5, 0.6) is 0 Å². The molecule has 2 atom stereocenters. The molecule has 0 spiro atoms. The largest absolute Gasteiger partial charge is 0.422 e. The van der Waals surface area contributed by atoms with Crippen LogP contribution in [0.3, 0.4) is 0 Å². The lowest BCUT2D eigenvalue weighted by molar-refractivity contribution is 0.296. The summed E-state index contributed by atoms with van der Waals surface area (Å²) >= 11 is 0. The van der Waals surface area contributed by atoms with Crippen LogP contribution in [0, 0.1) is 0 Å². The first-order valence-electron chi connectivity index (χ1n) is 6.80. The topological polar surface area (TPSA) is 96.3 Å². The minimum atomic E-state index is -1.57. The van der Waals surface area contributed by atoms with E-state index in [1.807, 2.05) is 5.48 Å². The van der Waals surface area contributed by atoms with Crippen molar-refractivity contribution in [1.29, 1.82) is 0 Å². The average molecular weight is 320 g/mol. The second-order valence-electron chi connectivity index (χ2n) is 4.94. The fourth-order valence-corrected chi connectivity index (χ4v) is 2.21. The maximum atomic E-state index is 13.9. The molecule has 0 bridgehead atoms. The third-order valence-corrected chi connectivity index (χ3v) is 3.37. The molecule has 0 saturated carbocycles. The van der Waals surface area contributed by atoms with E-state index in [4.69, 9.17) is 15.4 Å². The summed E-state index contributed by atoms with van der Waals surface area (Å²) < 4.78 is 33.1. The fourth-order valence-electron chi connectivity index (χ4n) is 2.21. The van der Waals surface area contributed by atoms with Crippen LogP contribution in [0.4, 0.5) is 31.9 Å². The first-order chi connectivity index (χ1) is 11.1. The monoisotopic (exact) mass is 320 g/mol. The number of aromatic nitrogens is 1. The fraction of sp³-hybridized carbons (Fsp3) is 0.133. The van der Waals surface area contributed by atoms with Gasteiger partial charge in [-0.1, -0.05) is 6.08 Å². The molecular formula is C15H14F2N4O2. The quantitative estimate of drug-likeness (QED) is 0.642. The van der Waals surface area contributed by atoms with Crippen molar-refractivity contribution in [2.75, 3.05) is 16.5 Å². The van der Waals surface area contributed by atoms with Gasteiger partial charge in [-0.25, -0.2) is 8.78 Å². The zero-order valence-corrected chi connectivity index (χ0v) is 11.8. The van der Waals surface area contributed by atoms with Gasteiger partial charge in [0.2, 0.25) is 11.8 Å². The summed E-state index contributed by atoms with van der Waals surface area (Å²) in [5.74, 6) is -1.95. The Morgan fingerprint density at radius 1 is 1.22 bits per heavy atom. The van der Waals surface area contributed by atoms with Crippen molar-refractivity contribution in [2.24, 2.45) is 0 Å². The predicted molar refractivity (Wildman–Crippen MR) is 82.0 cm³/mol. The number of anilines is 4. The molecule has 23 heavy (non-hydrogen) atoms. The third-order valence-electron chi connectivity index (χ3n) is 3.37. The Balaban J connectivity index is 1.83. The molecule has 1 aromatic carbocycles. The van der Waals surface area contributed by atoms with E-state index in [-0.39, 0.29) is 17.6 Å². The van der Waals surface area contributed by atoms with E-state index in [0.717, 1.165) is 6.08 Å². The van der Waals surface area contributed by atoms with Crippen LogP contribution in [-0.2, 0) is 0 Å². The highest BCUT2D eigenvalue weighted by Gasteiger charge is 2.32. The Hall–Kier alpha value is -2.87. The Morgan fingerprint density at radius 3 is 2.57 bits per heavy atom. The summed E-state index contributed by atoms with van der Waals surface area (Å²) in [6, 6.07) is 6.54. The Morgan fingerprint density at radius 2 is 1.91 bits per heavy atom. The van der Waals surface area contributed by atoms with Gasteiger partial charge in [0.05, 0.1) is 5.69 Å². The second-order valence-corrected chi connectivity index (χ2v) is 4.94. The molecule has 5 N–H and O–H groups in total. The number of nitrogens with zero attached hydrogens (tertiary/aromatic N) is 1. The number of nitrogen functional groups attached to an aromatic ring is 1. The van der Waals surface area contributed by atoms with Crippen LogP contribution in [-0.4, -0.2) is 16.4 Å². The number of benzene rings is 1. The van der Waals surface area contributed by atoms with Gasteiger partial charge in [0.1, 0.15) is 17.9 Å². The molecule has 0 aliphatic heterocycles. The number of hydrogen-bond donors (Lipinski definition) is 4. The van der Waals surface area contributed by atoms with Gasteiger partial charge in [0.25, 0.3) is 0 Å². The highest BCUT2D eigenvalue weighted by molar-refractivity contribution is 5.65. The first-order valence-corrected chi connectivity index (χ1v) is 6.80. The maximum Gasteiger partial charge on any atom is 0.242 e. The molecular weight excluding hydrogens is 306 g/mol. The minimum Gasteiger partial charge on any atom is -0.422 e. The summed E-state index contributed by atoms with van der Waals surface area (Å²) in [6.45, 7) is 0. The van der Waals surface area contributed by atoms with Gasteiger partial charge >= 0.3 is 0 Å². The van der Waals surface area contributed by atoms with Crippen LogP contribution >= 0.6 is 0 Å². The van der Waals surface area contributed by atoms with Gasteiger partial charge in [0, 0.05) is 5.69 Å². The standard InChI is InChI=1S/C15H14F2N4O2/c16-10-2-1-3-11(17)12(10)14-20-13(18)15(23-14)19-8-4-6-9(21-22)7-5-8/h1-7,10,12,19,21-22H,18H2. The van der Waals surface area contributed by atoms with E-state index in [1.165, 1.54) is 12.2 Å². The van der Waals surface area contributed by atoms with Gasteiger partial charge in [0.15, 0.2) is 5.82 Å². The van der Waals surface area contributed by atoms with Crippen LogP contribution < -0.4 is 16.5 Å². The van der Waals surface area contributed by atoms with Crippen molar-refractivity contribution >= 4 is 23.1 Å². The number of allylic oxidation sites excluding steroid dienone is 4. The lowest BCUT2D eigenvalue weighted by Crippen LogP contribution is -2.15. The number of nitrogens with two attached hydrogens (primary N) is 1. The van der Waals surface area contributed by atoms with Gasteiger partial charge < -0.3 is 15.5 Å². The van der Waals surface area contributed by atoms with Crippen LogP contribution in [0.15, 0.2) is 52.7 Å². The van der Waals surface area contributed by atoms with E-state index in [1.54, 1.807) is 24.3 Å². The normalized spacial score (nSPS) is 20.2. The molecule has 0 amide bonds. The van der Waals surface area contributed by atoms with Crippen LogP contribution in [0.1, 0.15) is 11.8 Å². The number of oxazole rings is 1. The highest BCUT2D eigenvalue weighted by atomic mass is 19.1. The minimum absolute atomic E-state index is 0.00101. The van der Waals surface area contributed by atoms with Crippen molar-refractivity contribution < 1.29 is 18.4 Å². The lowest BCUT2D eigenvalue weighted by Gasteiger charge is -2.15. The highest BCUT2D eigenvalue weighted by Crippen LogP contribution is 2.37. The van der Waals surface area contributed by atoms with Gasteiger partial charge in [-0.15, -0.1) is 0 Å². The van der Waals surface area contributed by atoms with Crippen LogP contribution in [0.25, 0.3) is 0 Å². The van der Waals surface area contributed by atoms with E-state index >= 15 is 0 Å². The molecule has 0 fully saturated rings. The molecule has 1 aromatic heterocycles. The van der Waals surface area contributed by atoms with Crippen molar-refractivity contribution in [3.63, 3.8) is 0 Å². The summed E-state index contributed by atoms with van der Waals surface area (Å²) in [6.07, 6.45) is 2.12. The number of halogens is 2. The average Bonchev–Trinajstić information content (AvgIpc) is 2.88. The Labute approximate surface area is 130 Å². The molecule has 6 nitrogen and oxygen atoms in total. The van der Waals surface area contributed by atoms with E-state index in [9.17, 15) is 8.78 Å². The summed E-state index contributed by atoms with van der Waals surface area (Å²) in [7, 11) is 0. The predicted octanol–water partition coefficient (Wildman–Crippen LogP) is 3.65. The molecule has 0 radical (unpaired) electrons. The zero-order valence-electron chi connectivity index (χ0n) is 11.8. The summed E-state index contributed by atoms with van der Waals surface area (Å²) in [5, 5.41) is 11.6. The summed E-state index contributed by atoms with van der Waals surface area (Å²) in [5.41, 5.74) is 8.85. The molecule has 1 aliphatic rings. The number of hydrogen-bond acceptors (Lipinski definition) is 6. The van der Waals surface area contributed by atoms with E-state index in [0.29, 0.717) is 11.4 Å². The number of nitrogens with one attached hydrogen (secondary N) is 2. The van der Waals surface area contributed by atoms with E-state index < -0.39 is 17.9 Å². The third kappa shape index (κ3) is 3.02. The van der Waals surface area contributed by atoms with Gasteiger partial charge in [-0.05, 0) is 36.4 Å².